The largest absolute Gasteiger partial charge is 0.375 e. The molecule has 1 radical (unpaired) electrons. The molecule has 1 fully saturated rings. The van der Waals surface area contributed by atoms with Gasteiger partial charge in [-0.25, -0.2) is 0 Å². The Morgan fingerprint density at radius 2 is 2.00 bits per heavy atom. The fourth-order valence-corrected chi connectivity index (χ4v) is 1.73. The van der Waals surface area contributed by atoms with E-state index in [4.69, 9.17) is 9.47 Å². The smallest absolute Gasteiger partial charge is 0.140 e. The zero-order valence-electron chi connectivity index (χ0n) is 8.62. The maximum atomic E-state index is 5.92. The van der Waals surface area contributed by atoms with Crippen LogP contribution in [0.1, 0.15) is 19.4 Å². The molecule has 0 atom stereocenters. The highest BCUT2D eigenvalue weighted by Gasteiger charge is 2.42. The fourth-order valence-electron chi connectivity index (χ4n) is 1.73. The minimum atomic E-state index is -0.205. The van der Waals surface area contributed by atoms with Crippen molar-refractivity contribution in [3.05, 3.63) is 35.9 Å². The molecule has 0 saturated carbocycles. The average molecular weight is 191 g/mol. The predicted octanol–water partition coefficient (Wildman–Crippen LogP) is 2.14. The summed E-state index contributed by atoms with van der Waals surface area (Å²) in [6, 6.07) is 10.9. The molecule has 2 heteroatoms. The van der Waals surface area contributed by atoms with Crippen molar-refractivity contribution in [3.8, 4) is 0 Å². The summed E-state index contributed by atoms with van der Waals surface area (Å²) >= 11 is 0. The summed E-state index contributed by atoms with van der Waals surface area (Å²) in [6.07, 6.45) is 0.225. The van der Waals surface area contributed by atoms with E-state index in [0.29, 0.717) is 13.2 Å². The van der Waals surface area contributed by atoms with Gasteiger partial charge in [-0.05, 0) is 25.5 Å². The van der Waals surface area contributed by atoms with Gasteiger partial charge in [-0.2, -0.15) is 0 Å². The van der Waals surface area contributed by atoms with Crippen LogP contribution in [0, 0.1) is 6.07 Å². The SMILES string of the molecule is CC(C)OC1(c2cc[c]cc2)COC1. The van der Waals surface area contributed by atoms with E-state index in [2.05, 4.69) is 19.9 Å². The van der Waals surface area contributed by atoms with E-state index in [1.807, 2.05) is 24.3 Å². The third-order valence-electron chi connectivity index (χ3n) is 2.38. The Morgan fingerprint density at radius 3 is 2.43 bits per heavy atom. The van der Waals surface area contributed by atoms with Crippen LogP contribution in [-0.2, 0) is 15.1 Å². The lowest BCUT2D eigenvalue weighted by atomic mass is 9.91. The van der Waals surface area contributed by atoms with Crippen molar-refractivity contribution >= 4 is 0 Å². The molecule has 1 aliphatic rings. The van der Waals surface area contributed by atoms with Crippen LogP contribution in [-0.4, -0.2) is 19.3 Å². The molecule has 0 bridgehead atoms. The highest BCUT2D eigenvalue weighted by molar-refractivity contribution is 5.24. The van der Waals surface area contributed by atoms with Gasteiger partial charge in [-0.1, -0.05) is 24.3 Å². The Morgan fingerprint density at radius 1 is 1.36 bits per heavy atom. The summed E-state index contributed by atoms with van der Waals surface area (Å²) in [4.78, 5) is 0. The first-order chi connectivity index (χ1) is 6.73. The molecular weight excluding hydrogens is 176 g/mol. The molecular formula is C12H15O2. The van der Waals surface area contributed by atoms with Gasteiger partial charge in [-0.3, -0.25) is 0 Å². The summed E-state index contributed by atoms with van der Waals surface area (Å²) in [5.74, 6) is 0. The third-order valence-corrected chi connectivity index (χ3v) is 2.38. The van der Waals surface area contributed by atoms with Crippen LogP contribution < -0.4 is 0 Å². The Balaban J connectivity index is 2.20. The third kappa shape index (κ3) is 1.68. The van der Waals surface area contributed by atoms with E-state index >= 15 is 0 Å². The minimum Gasteiger partial charge on any atom is -0.375 e. The van der Waals surface area contributed by atoms with Crippen molar-refractivity contribution in [2.45, 2.75) is 25.6 Å². The number of rotatable bonds is 3. The van der Waals surface area contributed by atoms with Gasteiger partial charge in [0.2, 0.25) is 0 Å². The lowest BCUT2D eigenvalue weighted by Gasteiger charge is -2.42. The van der Waals surface area contributed by atoms with Gasteiger partial charge in [0.15, 0.2) is 0 Å². The molecule has 2 nitrogen and oxygen atoms in total. The standard InChI is InChI=1S/C12H15O2/c1-10(2)14-12(8-13-9-12)11-6-4-3-5-7-11/h4-7,10H,8-9H2,1-2H3. The Kier molecular flexibility index (Phi) is 2.57. The summed E-state index contributed by atoms with van der Waals surface area (Å²) in [6.45, 7) is 5.43. The quantitative estimate of drug-likeness (QED) is 0.728. The normalized spacial score (nSPS) is 19.4. The van der Waals surface area contributed by atoms with E-state index < -0.39 is 0 Å². The summed E-state index contributed by atoms with van der Waals surface area (Å²) in [5, 5.41) is 0. The molecule has 0 aliphatic carbocycles. The van der Waals surface area contributed by atoms with Crippen LogP contribution in [0.2, 0.25) is 0 Å². The molecule has 2 rings (SSSR count). The molecule has 0 aromatic heterocycles. The van der Waals surface area contributed by atoms with Gasteiger partial charge in [0.25, 0.3) is 0 Å². The molecule has 0 N–H and O–H groups in total. The number of ether oxygens (including phenoxy) is 2. The van der Waals surface area contributed by atoms with Gasteiger partial charge in [-0.15, -0.1) is 0 Å². The van der Waals surface area contributed by atoms with Crippen LogP contribution in [0.3, 0.4) is 0 Å². The van der Waals surface area contributed by atoms with Crippen LogP contribution in [0.15, 0.2) is 24.3 Å². The molecule has 1 aromatic rings. The second kappa shape index (κ2) is 3.71. The van der Waals surface area contributed by atoms with Gasteiger partial charge < -0.3 is 9.47 Å². The highest BCUT2D eigenvalue weighted by Crippen LogP contribution is 2.34. The van der Waals surface area contributed by atoms with Crippen molar-refractivity contribution < 1.29 is 9.47 Å². The first-order valence-electron chi connectivity index (χ1n) is 4.95. The molecule has 1 aliphatic heterocycles. The van der Waals surface area contributed by atoms with E-state index in [1.165, 1.54) is 5.56 Å². The van der Waals surface area contributed by atoms with Crippen LogP contribution >= 0.6 is 0 Å². The van der Waals surface area contributed by atoms with Crippen molar-refractivity contribution in [2.75, 3.05) is 13.2 Å². The van der Waals surface area contributed by atoms with Crippen molar-refractivity contribution in [1.82, 2.24) is 0 Å². The van der Waals surface area contributed by atoms with E-state index in [0.717, 1.165) is 0 Å². The first-order valence-corrected chi connectivity index (χ1v) is 4.95. The highest BCUT2D eigenvalue weighted by atomic mass is 16.6. The van der Waals surface area contributed by atoms with Gasteiger partial charge in [0.05, 0.1) is 19.3 Å². The van der Waals surface area contributed by atoms with Crippen LogP contribution in [0.5, 0.6) is 0 Å². The molecule has 0 unspecified atom stereocenters. The molecule has 1 aromatic carbocycles. The Hall–Kier alpha value is -0.860. The maximum absolute atomic E-state index is 5.92. The number of hydrogen-bond acceptors (Lipinski definition) is 2. The lowest BCUT2D eigenvalue weighted by Crippen LogP contribution is -2.50. The molecule has 0 spiro atoms. The van der Waals surface area contributed by atoms with Crippen molar-refractivity contribution in [1.29, 1.82) is 0 Å². The van der Waals surface area contributed by atoms with E-state index in [1.54, 1.807) is 0 Å². The lowest BCUT2D eigenvalue weighted by molar-refractivity contribution is -0.232. The molecule has 0 amide bonds. The zero-order chi connectivity index (χ0) is 10.0. The van der Waals surface area contributed by atoms with Crippen molar-refractivity contribution in [3.63, 3.8) is 0 Å². The van der Waals surface area contributed by atoms with Crippen LogP contribution in [0.25, 0.3) is 0 Å². The summed E-state index contributed by atoms with van der Waals surface area (Å²) in [7, 11) is 0. The average Bonchev–Trinajstić information content (AvgIpc) is 2.12. The molecule has 14 heavy (non-hydrogen) atoms. The molecule has 75 valence electrons. The first kappa shape index (κ1) is 9.69. The van der Waals surface area contributed by atoms with E-state index in [9.17, 15) is 0 Å². The van der Waals surface area contributed by atoms with Crippen molar-refractivity contribution in [2.24, 2.45) is 0 Å². The maximum Gasteiger partial charge on any atom is 0.140 e. The second-order valence-electron chi connectivity index (χ2n) is 3.94. The van der Waals surface area contributed by atoms with Crippen LogP contribution in [0.4, 0.5) is 0 Å². The zero-order valence-corrected chi connectivity index (χ0v) is 8.62. The van der Waals surface area contributed by atoms with Gasteiger partial charge in [0, 0.05) is 0 Å². The second-order valence-corrected chi connectivity index (χ2v) is 3.94. The number of hydrogen-bond donors (Lipinski definition) is 0. The summed E-state index contributed by atoms with van der Waals surface area (Å²) in [5.41, 5.74) is 0.986. The number of benzene rings is 1. The van der Waals surface area contributed by atoms with E-state index in [-0.39, 0.29) is 11.7 Å². The van der Waals surface area contributed by atoms with Gasteiger partial charge >= 0.3 is 0 Å². The Bertz CT molecular complexity index is 288. The Labute approximate surface area is 84.8 Å². The molecule has 1 saturated heterocycles. The molecule has 1 heterocycles. The van der Waals surface area contributed by atoms with Gasteiger partial charge in [0.1, 0.15) is 5.60 Å². The topological polar surface area (TPSA) is 18.5 Å². The monoisotopic (exact) mass is 191 g/mol. The minimum absolute atomic E-state index is 0.205. The summed E-state index contributed by atoms with van der Waals surface area (Å²) < 4.78 is 11.2. The predicted molar refractivity (Wildman–Crippen MR) is 54.0 cm³/mol. The fraction of sp³-hybridized carbons (Fsp3) is 0.500.